The summed E-state index contributed by atoms with van der Waals surface area (Å²) in [6.07, 6.45) is 0. The summed E-state index contributed by atoms with van der Waals surface area (Å²) < 4.78 is 51.0. The number of sulfonamides is 1. The van der Waals surface area contributed by atoms with Gasteiger partial charge in [-0.05, 0) is 47.7 Å². The molecule has 170 valence electrons. The number of aromatic nitrogens is 4. The van der Waals surface area contributed by atoms with Gasteiger partial charge in [-0.25, -0.2) is 12.8 Å². The summed E-state index contributed by atoms with van der Waals surface area (Å²) in [6, 6.07) is 11.0. The van der Waals surface area contributed by atoms with Gasteiger partial charge in [0.05, 0.1) is 17.7 Å². The van der Waals surface area contributed by atoms with E-state index in [4.69, 9.17) is 9.15 Å². The molecule has 0 aliphatic heterocycles. The van der Waals surface area contributed by atoms with Crippen LogP contribution in [-0.2, 0) is 10.0 Å². The number of benzene rings is 2. The van der Waals surface area contributed by atoms with Crippen LogP contribution in [0.4, 0.5) is 26.9 Å². The molecule has 0 saturated heterocycles. The number of hydrogen-bond donors (Lipinski definition) is 3. The molecule has 2 aromatic carbocycles. The minimum atomic E-state index is -3.93. The highest BCUT2D eigenvalue weighted by atomic mass is 32.2. The second-order valence-corrected chi connectivity index (χ2v) is 8.80. The van der Waals surface area contributed by atoms with Gasteiger partial charge in [0, 0.05) is 5.69 Å². The van der Waals surface area contributed by atoms with Crippen LogP contribution in [0.5, 0.6) is 5.19 Å². The van der Waals surface area contributed by atoms with E-state index in [0.717, 1.165) is 11.3 Å². The third-order valence-corrected chi connectivity index (χ3v) is 6.24. The zero-order chi connectivity index (χ0) is 23.4. The monoisotopic (exact) mass is 491 g/mol. The van der Waals surface area contributed by atoms with Gasteiger partial charge in [0.2, 0.25) is 5.13 Å². The third kappa shape index (κ3) is 5.21. The van der Waals surface area contributed by atoms with Crippen molar-refractivity contribution in [3.05, 3.63) is 60.2 Å². The Labute approximate surface area is 189 Å². The SMILES string of the molecule is COc1nnc(NS(=O)(=O)c2ccc(NC(=O)c3nnc(Nc4ccccc4F)o3)cc2)s1. The quantitative estimate of drug-likeness (QED) is 0.334. The van der Waals surface area contributed by atoms with Crippen molar-refractivity contribution in [2.45, 2.75) is 4.90 Å². The number of methoxy groups -OCH3 is 1. The van der Waals surface area contributed by atoms with Crippen LogP contribution in [0.1, 0.15) is 10.7 Å². The van der Waals surface area contributed by atoms with Crippen molar-refractivity contribution in [1.82, 2.24) is 20.4 Å². The number of rotatable bonds is 8. The molecule has 12 nitrogen and oxygen atoms in total. The van der Waals surface area contributed by atoms with Crippen LogP contribution in [0.15, 0.2) is 57.8 Å². The molecule has 0 unspecified atom stereocenters. The van der Waals surface area contributed by atoms with Gasteiger partial charge in [-0.15, -0.1) is 10.2 Å². The second-order valence-electron chi connectivity index (χ2n) is 6.18. The summed E-state index contributed by atoms with van der Waals surface area (Å²) in [5.41, 5.74) is 0.379. The largest absolute Gasteiger partial charge is 0.472 e. The Kier molecular flexibility index (Phi) is 6.14. The Morgan fingerprint density at radius 3 is 2.52 bits per heavy atom. The van der Waals surface area contributed by atoms with Crippen molar-refractivity contribution in [2.24, 2.45) is 0 Å². The zero-order valence-corrected chi connectivity index (χ0v) is 18.3. The summed E-state index contributed by atoms with van der Waals surface area (Å²) >= 11 is 0.926. The Hall–Kier alpha value is -4.11. The smallest absolute Gasteiger partial charge is 0.320 e. The van der Waals surface area contributed by atoms with Crippen molar-refractivity contribution in [3.63, 3.8) is 0 Å². The molecule has 15 heteroatoms. The molecule has 0 spiro atoms. The molecule has 0 atom stereocenters. The fraction of sp³-hybridized carbons (Fsp3) is 0.0556. The minimum Gasteiger partial charge on any atom is -0.472 e. The maximum Gasteiger partial charge on any atom is 0.320 e. The van der Waals surface area contributed by atoms with E-state index in [1.807, 2.05) is 0 Å². The van der Waals surface area contributed by atoms with E-state index in [1.54, 1.807) is 6.07 Å². The summed E-state index contributed by atoms with van der Waals surface area (Å²) in [4.78, 5) is 12.3. The van der Waals surface area contributed by atoms with Crippen molar-refractivity contribution in [2.75, 3.05) is 22.5 Å². The Bertz CT molecular complexity index is 1390. The lowest BCUT2D eigenvalue weighted by Crippen LogP contribution is -2.14. The number of halogens is 1. The van der Waals surface area contributed by atoms with Gasteiger partial charge in [0.15, 0.2) is 0 Å². The maximum atomic E-state index is 13.7. The molecular weight excluding hydrogens is 477 g/mol. The summed E-state index contributed by atoms with van der Waals surface area (Å²) in [7, 11) is -2.54. The first-order valence-corrected chi connectivity index (χ1v) is 11.3. The lowest BCUT2D eigenvalue weighted by molar-refractivity contribution is 0.0991. The Balaban J connectivity index is 1.40. The highest BCUT2D eigenvalue weighted by Crippen LogP contribution is 2.25. The van der Waals surface area contributed by atoms with E-state index in [2.05, 4.69) is 35.8 Å². The molecule has 3 N–H and O–H groups in total. The first-order chi connectivity index (χ1) is 15.8. The lowest BCUT2D eigenvalue weighted by Gasteiger charge is -2.06. The van der Waals surface area contributed by atoms with Gasteiger partial charge < -0.3 is 19.8 Å². The molecule has 4 aromatic rings. The van der Waals surface area contributed by atoms with Crippen LogP contribution >= 0.6 is 11.3 Å². The van der Waals surface area contributed by atoms with Crippen LogP contribution < -0.4 is 20.1 Å². The molecule has 0 fully saturated rings. The first kappa shape index (κ1) is 22.1. The van der Waals surface area contributed by atoms with Gasteiger partial charge in [0.25, 0.3) is 15.2 Å². The Morgan fingerprint density at radius 2 is 1.82 bits per heavy atom. The van der Waals surface area contributed by atoms with Crippen molar-refractivity contribution < 1.29 is 26.8 Å². The van der Waals surface area contributed by atoms with Crippen molar-refractivity contribution >= 4 is 49.8 Å². The number of ether oxygens (including phenoxy) is 1. The van der Waals surface area contributed by atoms with E-state index in [9.17, 15) is 17.6 Å². The number of carbonyl (C=O) groups excluding carboxylic acids is 1. The molecule has 2 heterocycles. The van der Waals surface area contributed by atoms with Gasteiger partial charge in [-0.2, -0.15) is 0 Å². The average Bonchev–Trinajstić information content (AvgIpc) is 3.45. The maximum absolute atomic E-state index is 13.7. The number of amides is 1. The van der Waals surface area contributed by atoms with Crippen LogP contribution in [-0.4, -0.2) is 41.8 Å². The molecule has 0 bridgehead atoms. The van der Waals surface area contributed by atoms with Gasteiger partial charge >= 0.3 is 17.8 Å². The third-order valence-electron chi connectivity index (χ3n) is 3.96. The zero-order valence-electron chi connectivity index (χ0n) is 16.6. The lowest BCUT2D eigenvalue weighted by atomic mass is 10.3. The van der Waals surface area contributed by atoms with Gasteiger partial charge in [-0.3, -0.25) is 9.52 Å². The molecule has 0 aliphatic rings. The van der Waals surface area contributed by atoms with Gasteiger partial charge in [-0.1, -0.05) is 22.3 Å². The van der Waals surface area contributed by atoms with Crippen LogP contribution in [0.3, 0.4) is 0 Å². The molecular formula is C18H14FN7O5S2. The summed E-state index contributed by atoms with van der Waals surface area (Å²) in [6.45, 7) is 0. The molecule has 1 amide bonds. The van der Waals surface area contributed by atoms with Crippen molar-refractivity contribution in [3.8, 4) is 5.19 Å². The van der Waals surface area contributed by atoms with Crippen molar-refractivity contribution in [1.29, 1.82) is 0 Å². The topological polar surface area (TPSA) is 161 Å². The van der Waals surface area contributed by atoms with E-state index in [0.29, 0.717) is 0 Å². The first-order valence-electron chi connectivity index (χ1n) is 9.01. The summed E-state index contributed by atoms with van der Waals surface area (Å²) in [5.74, 6) is -1.65. The van der Waals surface area contributed by atoms with Crippen LogP contribution in [0.25, 0.3) is 0 Å². The number of carbonyl (C=O) groups is 1. The highest BCUT2D eigenvalue weighted by Gasteiger charge is 2.19. The second kappa shape index (κ2) is 9.17. The fourth-order valence-electron chi connectivity index (χ4n) is 2.45. The minimum absolute atomic E-state index is 0.0421. The molecule has 0 aliphatic carbocycles. The van der Waals surface area contributed by atoms with E-state index in [-0.39, 0.29) is 38.5 Å². The predicted molar refractivity (Wildman–Crippen MR) is 116 cm³/mol. The number of nitrogens with one attached hydrogen (secondary N) is 3. The van der Waals surface area contributed by atoms with Crippen LogP contribution in [0.2, 0.25) is 0 Å². The molecule has 2 aromatic heterocycles. The number of anilines is 4. The van der Waals surface area contributed by atoms with E-state index >= 15 is 0 Å². The Morgan fingerprint density at radius 1 is 1.06 bits per heavy atom. The molecule has 4 rings (SSSR count). The van der Waals surface area contributed by atoms with E-state index in [1.165, 1.54) is 49.6 Å². The average molecular weight is 491 g/mol. The fourth-order valence-corrected chi connectivity index (χ4v) is 4.24. The number of nitrogens with zero attached hydrogens (tertiary/aromatic N) is 4. The number of hydrogen-bond acceptors (Lipinski definition) is 11. The summed E-state index contributed by atoms with van der Waals surface area (Å²) in [5, 5.41) is 19.9. The van der Waals surface area contributed by atoms with Crippen LogP contribution in [0, 0.1) is 5.82 Å². The van der Waals surface area contributed by atoms with Gasteiger partial charge in [0.1, 0.15) is 5.82 Å². The normalized spacial score (nSPS) is 11.1. The molecule has 0 saturated carbocycles. The molecule has 0 radical (unpaired) electrons. The highest BCUT2D eigenvalue weighted by molar-refractivity contribution is 7.93. The van der Waals surface area contributed by atoms with E-state index < -0.39 is 21.7 Å². The molecule has 33 heavy (non-hydrogen) atoms. The predicted octanol–water partition coefficient (Wildman–Crippen LogP) is 2.87. The number of para-hydroxylation sites is 1. The standard InChI is InChI=1S/C18H14FN7O5S2/c1-30-18-25-24-17(32-18)26-33(28,29)11-8-6-10(7-9-11)20-14(27)15-22-23-16(31-15)21-13-5-3-2-4-12(13)19/h2-9H,1H3,(H,20,27)(H,21,23)(H,24,26).